The normalized spacial score (nSPS) is 18.7. The largest absolute Gasteiger partial charge is 0.458 e. The van der Waals surface area contributed by atoms with Gasteiger partial charge in [0.15, 0.2) is 5.04 Å². The van der Waals surface area contributed by atoms with Crippen LogP contribution < -0.4 is 0 Å². The molecule has 1 aliphatic rings. The van der Waals surface area contributed by atoms with E-state index in [0.29, 0.717) is 5.04 Å². The molecule has 1 unspecified atom stereocenters. The molecule has 0 N–H and O–H groups in total. The second-order valence-corrected chi connectivity index (χ2v) is 3.74. The van der Waals surface area contributed by atoms with Crippen molar-refractivity contribution in [2.75, 3.05) is 12.3 Å². The van der Waals surface area contributed by atoms with Crippen molar-refractivity contribution < 1.29 is 9.53 Å². The van der Waals surface area contributed by atoms with Gasteiger partial charge in [0.2, 0.25) is 0 Å². The summed E-state index contributed by atoms with van der Waals surface area (Å²) in [4.78, 5) is 15.3. The lowest BCUT2D eigenvalue weighted by atomic mass is 10.3. The third kappa shape index (κ3) is 2.52. The highest BCUT2D eigenvalue weighted by molar-refractivity contribution is 8.16. The Balaban J connectivity index is 2.37. The van der Waals surface area contributed by atoms with Gasteiger partial charge in [0, 0.05) is 12.3 Å². The van der Waals surface area contributed by atoms with Crippen molar-refractivity contribution in [2.45, 2.75) is 26.4 Å². The SMILES string of the molecule is CCC(C)OC(=O)C1=NCCS1. The Kier molecular flexibility index (Phi) is 3.59. The summed E-state index contributed by atoms with van der Waals surface area (Å²) < 4.78 is 5.09. The molecule has 0 aliphatic carbocycles. The van der Waals surface area contributed by atoms with Crippen LogP contribution in [-0.4, -0.2) is 29.4 Å². The molecule has 0 aromatic rings. The van der Waals surface area contributed by atoms with Crippen LogP contribution in [0.1, 0.15) is 20.3 Å². The number of nitrogens with zero attached hydrogens (tertiary/aromatic N) is 1. The van der Waals surface area contributed by atoms with E-state index in [1.165, 1.54) is 11.8 Å². The summed E-state index contributed by atoms with van der Waals surface area (Å²) in [5.74, 6) is 0.650. The summed E-state index contributed by atoms with van der Waals surface area (Å²) in [6.45, 7) is 4.62. The maximum atomic E-state index is 11.2. The van der Waals surface area contributed by atoms with Crippen molar-refractivity contribution in [3.05, 3.63) is 0 Å². The van der Waals surface area contributed by atoms with Crippen LogP contribution in [0.3, 0.4) is 0 Å². The predicted octanol–water partition coefficient (Wildman–Crippen LogP) is 1.47. The molecule has 0 radical (unpaired) electrons. The van der Waals surface area contributed by atoms with Crippen LogP contribution in [0.5, 0.6) is 0 Å². The fraction of sp³-hybridized carbons (Fsp3) is 0.750. The zero-order valence-corrected chi connectivity index (χ0v) is 8.19. The van der Waals surface area contributed by atoms with Gasteiger partial charge in [-0.25, -0.2) is 4.79 Å². The van der Waals surface area contributed by atoms with Crippen molar-refractivity contribution in [2.24, 2.45) is 4.99 Å². The first-order valence-corrected chi connectivity index (χ1v) is 5.10. The second-order valence-electron chi connectivity index (χ2n) is 2.66. The standard InChI is InChI=1S/C8H13NO2S/c1-3-6(2)11-8(10)7-9-4-5-12-7/h6H,3-5H2,1-2H3. The summed E-state index contributed by atoms with van der Waals surface area (Å²) in [5, 5.41) is 0.537. The lowest BCUT2D eigenvalue weighted by molar-refractivity contribution is -0.139. The van der Waals surface area contributed by atoms with Crippen molar-refractivity contribution in [1.29, 1.82) is 0 Å². The van der Waals surface area contributed by atoms with Gasteiger partial charge in [-0.05, 0) is 13.3 Å². The molecule has 0 aromatic heterocycles. The highest BCUT2D eigenvalue weighted by Gasteiger charge is 2.18. The zero-order chi connectivity index (χ0) is 8.97. The molecule has 0 bridgehead atoms. The van der Waals surface area contributed by atoms with Gasteiger partial charge in [0.25, 0.3) is 0 Å². The smallest absolute Gasteiger partial charge is 0.363 e. The van der Waals surface area contributed by atoms with Crippen molar-refractivity contribution >= 4 is 22.8 Å². The topological polar surface area (TPSA) is 38.7 Å². The molecule has 0 amide bonds. The number of carbonyl (C=O) groups excluding carboxylic acids is 1. The highest BCUT2D eigenvalue weighted by atomic mass is 32.2. The van der Waals surface area contributed by atoms with E-state index in [0.717, 1.165) is 18.7 Å². The van der Waals surface area contributed by atoms with E-state index in [2.05, 4.69) is 4.99 Å². The Morgan fingerprint density at radius 3 is 3.08 bits per heavy atom. The number of ether oxygens (including phenoxy) is 1. The van der Waals surface area contributed by atoms with Gasteiger partial charge < -0.3 is 4.74 Å². The number of esters is 1. The van der Waals surface area contributed by atoms with Gasteiger partial charge in [-0.15, -0.1) is 0 Å². The van der Waals surface area contributed by atoms with Gasteiger partial charge in [0.05, 0.1) is 6.10 Å². The molecule has 1 heterocycles. The van der Waals surface area contributed by atoms with E-state index in [1.54, 1.807) is 0 Å². The molecule has 0 spiro atoms. The number of carbonyl (C=O) groups is 1. The van der Waals surface area contributed by atoms with E-state index in [-0.39, 0.29) is 12.1 Å². The fourth-order valence-corrected chi connectivity index (χ4v) is 1.50. The van der Waals surface area contributed by atoms with E-state index in [9.17, 15) is 4.79 Å². The molecule has 0 fully saturated rings. The molecule has 1 rings (SSSR count). The first-order chi connectivity index (χ1) is 5.74. The molecule has 4 heteroatoms. The van der Waals surface area contributed by atoms with Crippen LogP contribution in [0, 0.1) is 0 Å². The summed E-state index contributed by atoms with van der Waals surface area (Å²) >= 11 is 1.48. The maximum Gasteiger partial charge on any atom is 0.363 e. The molecular weight excluding hydrogens is 174 g/mol. The van der Waals surface area contributed by atoms with Crippen LogP contribution in [0.4, 0.5) is 0 Å². The number of hydrogen-bond donors (Lipinski definition) is 0. The lowest BCUT2D eigenvalue weighted by Crippen LogP contribution is -2.19. The number of rotatable bonds is 3. The minimum absolute atomic E-state index is 0.00130. The number of aliphatic imine (C=N–C) groups is 1. The Bertz CT molecular complexity index is 203. The zero-order valence-electron chi connectivity index (χ0n) is 7.37. The van der Waals surface area contributed by atoms with Crippen LogP contribution in [0.25, 0.3) is 0 Å². The minimum Gasteiger partial charge on any atom is -0.458 e. The third-order valence-electron chi connectivity index (χ3n) is 1.64. The average Bonchev–Trinajstić information content (AvgIpc) is 2.56. The molecule has 0 saturated heterocycles. The van der Waals surface area contributed by atoms with Gasteiger partial charge in [-0.3, -0.25) is 4.99 Å². The first-order valence-electron chi connectivity index (χ1n) is 4.12. The molecule has 0 aromatic carbocycles. The summed E-state index contributed by atoms with van der Waals surface area (Å²) in [5.41, 5.74) is 0. The van der Waals surface area contributed by atoms with Crippen LogP contribution in [0.2, 0.25) is 0 Å². The molecule has 0 saturated carbocycles. The molecule has 1 atom stereocenters. The van der Waals surface area contributed by atoms with Gasteiger partial charge in [-0.1, -0.05) is 18.7 Å². The monoisotopic (exact) mass is 187 g/mol. The van der Waals surface area contributed by atoms with Gasteiger partial charge in [-0.2, -0.15) is 0 Å². The second kappa shape index (κ2) is 4.50. The summed E-state index contributed by atoms with van der Waals surface area (Å²) in [6, 6.07) is 0. The molecule has 12 heavy (non-hydrogen) atoms. The Morgan fingerprint density at radius 1 is 1.83 bits per heavy atom. The third-order valence-corrected chi connectivity index (χ3v) is 2.60. The van der Waals surface area contributed by atoms with Gasteiger partial charge in [0.1, 0.15) is 0 Å². The fourth-order valence-electron chi connectivity index (χ4n) is 0.775. The maximum absolute atomic E-state index is 11.2. The number of hydrogen-bond acceptors (Lipinski definition) is 4. The minimum atomic E-state index is -0.258. The van der Waals surface area contributed by atoms with Crippen molar-refractivity contribution in [3.8, 4) is 0 Å². The quantitative estimate of drug-likeness (QED) is 0.628. The molecule has 3 nitrogen and oxygen atoms in total. The molecular formula is C8H13NO2S. The number of thioether (sulfide) groups is 1. The van der Waals surface area contributed by atoms with E-state index in [1.807, 2.05) is 13.8 Å². The van der Waals surface area contributed by atoms with E-state index in [4.69, 9.17) is 4.74 Å². The van der Waals surface area contributed by atoms with E-state index >= 15 is 0 Å². The highest BCUT2D eigenvalue weighted by Crippen LogP contribution is 2.13. The summed E-state index contributed by atoms with van der Waals surface area (Å²) in [7, 11) is 0. The van der Waals surface area contributed by atoms with E-state index < -0.39 is 0 Å². The lowest BCUT2D eigenvalue weighted by Gasteiger charge is -2.09. The van der Waals surface area contributed by atoms with Crippen molar-refractivity contribution in [1.82, 2.24) is 0 Å². The summed E-state index contributed by atoms with van der Waals surface area (Å²) in [6.07, 6.45) is 0.852. The Morgan fingerprint density at radius 2 is 2.58 bits per heavy atom. The Hall–Kier alpha value is -0.510. The van der Waals surface area contributed by atoms with Crippen LogP contribution >= 0.6 is 11.8 Å². The molecule has 68 valence electrons. The van der Waals surface area contributed by atoms with Crippen LogP contribution in [-0.2, 0) is 9.53 Å². The molecule has 1 aliphatic heterocycles. The first kappa shape index (κ1) is 9.58. The van der Waals surface area contributed by atoms with Crippen LogP contribution in [0.15, 0.2) is 4.99 Å². The van der Waals surface area contributed by atoms with Crippen molar-refractivity contribution in [3.63, 3.8) is 0 Å². The Labute approximate surface area is 76.6 Å². The average molecular weight is 187 g/mol. The predicted molar refractivity (Wildman–Crippen MR) is 50.6 cm³/mol. The van der Waals surface area contributed by atoms with Gasteiger partial charge >= 0.3 is 5.97 Å².